The van der Waals surface area contributed by atoms with Crippen molar-refractivity contribution < 1.29 is 19.1 Å². The second kappa shape index (κ2) is 7.64. The van der Waals surface area contributed by atoms with E-state index in [1.54, 1.807) is 26.0 Å². The second-order valence-corrected chi connectivity index (χ2v) is 6.26. The van der Waals surface area contributed by atoms with Gasteiger partial charge in [0.1, 0.15) is 5.60 Å². The quantitative estimate of drug-likeness (QED) is 0.805. The molecule has 0 saturated carbocycles. The van der Waals surface area contributed by atoms with Crippen molar-refractivity contribution in [1.29, 1.82) is 0 Å². The zero-order valence-electron chi connectivity index (χ0n) is 13.9. The van der Waals surface area contributed by atoms with E-state index >= 15 is 0 Å². The van der Waals surface area contributed by atoms with Crippen molar-refractivity contribution in [3.63, 3.8) is 0 Å². The lowest BCUT2D eigenvalue weighted by atomic mass is 10.1. The summed E-state index contributed by atoms with van der Waals surface area (Å²) in [4.78, 5) is 14.4. The Balaban J connectivity index is 1.87. The molecule has 6 nitrogen and oxygen atoms in total. The highest BCUT2D eigenvalue weighted by Gasteiger charge is 2.17. The predicted molar refractivity (Wildman–Crippen MR) is 86.1 cm³/mol. The fourth-order valence-electron chi connectivity index (χ4n) is 2.25. The largest absolute Gasteiger partial charge is 0.443 e. The molecule has 0 spiro atoms. The number of hydrogen-bond donors (Lipinski definition) is 2. The summed E-state index contributed by atoms with van der Waals surface area (Å²) in [7, 11) is 0. The van der Waals surface area contributed by atoms with Gasteiger partial charge in [-0.15, -0.1) is 0 Å². The van der Waals surface area contributed by atoms with Gasteiger partial charge in [-0.3, -0.25) is 9.69 Å². The van der Waals surface area contributed by atoms with Gasteiger partial charge in [0.2, 0.25) is 0 Å². The normalized spacial score (nSPS) is 17.2. The van der Waals surface area contributed by atoms with E-state index in [9.17, 15) is 9.90 Å². The van der Waals surface area contributed by atoms with Gasteiger partial charge in [-0.25, -0.2) is 0 Å². The highest BCUT2D eigenvalue weighted by atomic mass is 16.5. The number of carbonyl (C=O) groups is 1. The van der Waals surface area contributed by atoms with Crippen LogP contribution in [0.2, 0.25) is 0 Å². The summed E-state index contributed by atoms with van der Waals surface area (Å²) in [6, 6.07) is 3.22. The number of rotatable bonds is 4. The number of morpholine rings is 1. The van der Waals surface area contributed by atoms with Crippen LogP contribution in [0.1, 0.15) is 37.1 Å². The maximum absolute atomic E-state index is 12.2. The van der Waals surface area contributed by atoms with E-state index in [0.717, 1.165) is 32.8 Å². The Morgan fingerprint density at radius 3 is 2.78 bits per heavy atom. The molecular formula is C17H24N2O4. The molecule has 1 aliphatic heterocycles. The van der Waals surface area contributed by atoms with Gasteiger partial charge < -0.3 is 19.6 Å². The third kappa shape index (κ3) is 6.06. The van der Waals surface area contributed by atoms with Crippen LogP contribution in [-0.2, 0) is 4.74 Å². The Morgan fingerprint density at radius 2 is 2.13 bits per heavy atom. The SMILES string of the molecule is C[C@@H](CN1CCOCC1)NC(=O)c1ccc(C#CC(C)(C)O)o1. The average molecular weight is 320 g/mol. The van der Waals surface area contributed by atoms with Gasteiger partial charge in [0.25, 0.3) is 5.91 Å². The number of carbonyl (C=O) groups excluding carboxylic acids is 1. The van der Waals surface area contributed by atoms with E-state index in [0.29, 0.717) is 5.76 Å². The van der Waals surface area contributed by atoms with Gasteiger partial charge in [-0.05, 0) is 38.8 Å². The molecule has 126 valence electrons. The summed E-state index contributed by atoms with van der Waals surface area (Å²) in [6.07, 6.45) is 0. The fraction of sp³-hybridized carbons (Fsp3) is 0.588. The number of furan rings is 1. The van der Waals surface area contributed by atoms with Crippen LogP contribution in [0.4, 0.5) is 0 Å². The lowest BCUT2D eigenvalue weighted by Gasteiger charge is -2.29. The molecule has 1 aromatic rings. The molecule has 1 atom stereocenters. The Morgan fingerprint density at radius 1 is 1.43 bits per heavy atom. The summed E-state index contributed by atoms with van der Waals surface area (Å²) in [5, 5.41) is 12.5. The standard InChI is InChI=1S/C17H24N2O4/c1-13(12-19-8-10-22-11-9-19)18-16(20)15-5-4-14(23-15)6-7-17(2,3)21/h4-5,13,21H,8-12H2,1-3H3,(H,18,20)/t13-/m0/s1. The van der Waals surface area contributed by atoms with Crippen LogP contribution >= 0.6 is 0 Å². The van der Waals surface area contributed by atoms with Crippen molar-refractivity contribution in [2.24, 2.45) is 0 Å². The van der Waals surface area contributed by atoms with E-state index in [4.69, 9.17) is 9.15 Å². The Kier molecular flexibility index (Phi) is 5.83. The second-order valence-electron chi connectivity index (χ2n) is 6.26. The number of nitrogens with zero attached hydrogens (tertiary/aromatic N) is 1. The smallest absolute Gasteiger partial charge is 0.287 e. The zero-order chi connectivity index (χ0) is 16.9. The molecule has 2 N–H and O–H groups in total. The molecule has 6 heteroatoms. The topological polar surface area (TPSA) is 74.9 Å². The first-order valence-corrected chi connectivity index (χ1v) is 7.80. The number of aliphatic hydroxyl groups is 1. The molecule has 0 aromatic carbocycles. The number of amides is 1. The van der Waals surface area contributed by atoms with Crippen molar-refractivity contribution >= 4 is 5.91 Å². The molecule has 1 fully saturated rings. The molecule has 2 heterocycles. The molecule has 1 aromatic heterocycles. The highest BCUT2D eigenvalue weighted by Crippen LogP contribution is 2.08. The highest BCUT2D eigenvalue weighted by molar-refractivity contribution is 5.91. The first-order valence-electron chi connectivity index (χ1n) is 7.80. The lowest BCUT2D eigenvalue weighted by molar-refractivity contribution is 0.0341. The van der Waals surface area contributed by atoms with E-state index in [-0.39, 0.29) is 17.7 Å². The molecule has 0 radical (unpaired) electrons. The number of ether oxygens (including phenoxy) is 1. The van der Waals surface area contributed by atoms with Crippen LogP contribution in [0, 0.1) is 11.8 Å². The Bertz CT molecular complexity index is 586. The van der Waals surface area contributed by atoms with Gasteiger partial charge >= 0.3 is 0 Å². The van der Waals surface area contributed by atoms with Crippen LogP contribution in [0.3, 0.4) is 0 Å². The minimum atomic E-state index is -1.10. The molecule has 23 heavy (non-hydrogen) atoms. The molecule has 1 saturated heterocycles. The van der Waals surface area contributed by atoms with Gasteiger partial charge in [-0.1, -0.05) is 5.92 Å². The first-order chi connectivity index (χ1) is 10.8. The van der Waals surface area contributed by atoms with E-state index in [2.05, 4.69) is 22.1 Å². The molecule has 0 unspecified atom stereocenters. The monoisotopic (exact) mass is 320 g/mol. The Labute approximate surface area is 136 Å². The fourth-order valence-corrected chi connectivity index (χ4v) is 2.25. The van der Waals surface area contributed by atoms with Crippen molar-refractivity contribution in [1.82, 2.24) is 10.2 Å². The van der Waals surface area contributed by atoms with Crippen molar-refractivity contribution in [3.05, 3.63) is 23.7 Å². The van der Waals surface area contributed by atoms with Crippen LogP contribution in [-0.4, -0.2) is 60.4 Å². The zero-order valence-corrected chi connectivity index (χ0v) is 13.9. The average Bonchev–Trinajstić information content (AvgIpc) is 2.94. The summed E-state index contributed by atoms with van der Waals surface area (Å²) >= 11 is 0. The minimum Gasteiger partial charge on any atom is -0.443 e. The number of nitrogens with one attached hydrogen (secondary N) is 1. The lowest BCUT2D eigenvalue weighted by Crippen LogP contribution is -2.45. The molecule has 0 aliphatic carbocycles. The van der Waals surface area contributed by atoms with Gasteiger partial charge in [0, 0.05) is 25.7 Å². The third-order valence-electron chi connectivity index (χ3n) is 3.33. The molecule has 1 amide bonds. The first kappa shape index (κ1) is 17.5. The number of hydrogen-bond acceptors (Lipinski definition) is 5. The van der Waals surface area contributed by atoms with Crippen molar-refractivity contribution in [2.75, 3.05) is 32.8 Å². The van der Waals surface area contributed by atoms with Crippen LogP contribution < -0.4 is 5.32 Å². The van der Waals surface area contributed by atoms with Crippen molar-refractivity contribution in [2.45, 2.75) is 32.4 Å². The predicted octanol–water partition coefficient (Wildman–Crippen LogP) is 0.852. The molecular weight excluding hydrogens is 296 g/mol. The summed E-state index contributed by atoms with van der Waals surface area (Å²) in [5.74, 6) is 5.68. The summed E-state index contributed by atoms with van der Waals surface area (Å²) in [6.45, 7) is 9.17. The van der Waals surface area contributed by atoms with Crippen LogP contribution in [0.15, 0.2) is 16.5 Å². The van der Waals surface area contributed by atoms with Crippen LogP contribution in [0.5, 0.6) is 0 Å². The van der Waals surface area contributed by atoms with Crippen molar-refractivity contribution in [3.8, 4) is 11.8 Å². The minimum absolute atomic E-state index is 0.0107. The van der Waals surface area contributed by atoms with E-state index in [1.807, 2.05) is 6.92 Å². The van der Waals surface area contributed by atoms with E-state index < -0.39 is 5.60 Å². The van der Waals surface area contributed by atoms with Crippen LogP contribution in [0.25, 0.3) is 0 Å². The summed E-state index contributed by atoms with van der Waals surface area (Å²) < 4.78 is 10.7. The Hall–Kier alpha value is -1.81. The molecule has 1 aliphatic rings. The van der Waals surface area contributed by atoms with Gasteiger partial charge in [0.15, 0.2) is 11.5 Å². The summed E-state index contributed by atoms with van der Waals surface area (Å²) in [5.41, 5.74) is -1.10. The maximum Gasteiger partial charge on any atom is 0.287 e. The molecule has 0 bridgehead atoms. The van der Waals surface area contributed by atoms with Gasteiger partial charge in [-0.2, -0.15) is 0 Å². The third-order valence-corrected chi connectivity index (χ3v) is 3.33. The van der Waals surface area contributed by atoms with Gasteiger partial charge in [0.05, 0.1) is 13.2 Å². The molecule has 2 rings (SSSR count). The van der Waals surface area contributed by atoms with E-state index in [1.165, 1.54) is 0 Å². The maximum atomic E-state index is 12.2.